The molecule has 0 aromatic rings. The number of ether oxygens (including phenoxy) is 1. The van der Waals surface area contributed by atoms with Crippen molar-refractivity contribution in [2.75, 3.05) is 13.7 Å². The Hall–Kier alpha value is -0.680. The number of methoxy groups -OCH3 is 1. The Labute approximate surface area is 151 Å². The Morgan fingerprint density at radius 3 is 2.56 bits per heavy atom. The zero-order valence-electron chi connectivity index (χ0n) is 16.2. The third-order valence-electron chi connectivity index (χ3n) is 7.03. The van der Waals surface area contributed by atoms with Crippen LogP contribution in [0.25, 0.3) is 0 Å². The van der Waals surface area contributed by atoms with Crippen LogP contribution in [-0.4, -0.2) is 46.8 Å². The quantitative estimate of drug-likeness (QED) is 0.685. The van der Waals surface area contributed by atoms with Gasteiger partial charge in [0.05, 0.1) is 12.7 Å². The number of aliphatic hydroxyl groups excluding tert-OH is 2. The van der Waals surface area contributed by atoms with Gasteiger partial charge in [-0.2, -0.15) is 0 Å². The molecule has 0 bridgehead atoms. The highest BCUT2D eigenvalue weighted by Gasteiger charge is 2.52. The third-order valence-corrected chi connectivity index (χ3v) is 7.03. The first-order valence-electron chi connectivity index (χ1n) is 9.68. The normalized spacial score (nSPS) is 46.5. The molecule has 25 heavy (non-hydrogen) atoms. The Bertz CT molecular complexity index is 593. The van der Waals surface area contributed by atoms with Crippen LogP contribution in [0.4, 0.5) is 0 Å². The molecule has 142 valence electrons. The summed E-state index contributed by atoms with van der Waals surface area (Å²) >= 11 is 0. The van der Waals surface area contributed by atoms with Crippen molar-refractivity contribution in [3.63, 3.8) is 0 Å². The van der Waals surface area contributed by atoms with Gasteiger partial charge >= 0.3 is 0 Å². The van der Waals surface area contributed by atoms with Crippen LogP contribution in [0, 0.1) is 23.2 Å². The summed E-state index contributed by atoms with van der Waals surface area (Å²) < 4.78 is 5.32. The van der Waals surface area contributed by atoms with Gasteiger partial charge < -0.3 is 20.1 Å². The molecule has 0 amide bonds. The average molecular weight is 350 g/mol. The predicted molar refractivity (Wildman–Crippen MR) is 98.0 cm³/mol. The first-order chi connectivity index (χ1) is 11.6. The van der Waals surface area contributed by atoms with Crippen molar-refractivity contribution in [2.45, 2.75) is 71.2 Å². The lowest BCUT2D eigenvalue weighted by Crippen LogP contribution is -2.44. The second-order valence-corrected chi connectivity index (χ2v) is 9.02. The van der Waals surface area contributed by atoms with Crippen molar-refractivity contribution < 1.29 is 20.1 Å². The Morgan fingerprint density at radius 1 is 1.28 bits per heavy atom. The van der Waals surface area contributed by atoms with Crippen LogP contribution < -0.4 is 0 Å². The van der Waals surface area contributed by atoms with E-state index < -0.39 is 17.8 Å². The van der Waals surface area contributed by atoms with Crippen molar-refractivity contribution in [1.82, 2.24) is 0 Å². The minimum atomic E-state index is -0.954. The molecule has 4 nitrogen and oxygen atoms in total. The van der Waals surface area contributed by atoms with Gasteiger partial charge in [0, 0.05) is 12.5 Å². The molecule has 1 saturated carbocycles. The highest BCUT2D eigenvalue weighted by atomic mass is 16.5. The molecule has 4 unspecified atom stereocenters. The molecule has 4 heteroatoms. The standard InChI is InChI=1S/C21H34O4/c1-12(2)14-6-8-20(4)10-16-15(7-9-21(16,24)11-25-5)13(3)18(22)19(23)17(14)20/h10,12-13,15,18-19,22-24H,6-9,11H2,1-5H3/b16-10+/t13?,15?,18?,19-,20?,21+/m1/s1. The molecule has 0 heterocycles. The van der Waals surface area contributed by atoms with Gasteiger partial charge in [0.2, 0.25) is 0 Å². The molecule has 6 atom stereocenters. The second-order valence-electron chi connectivity index (χ2n) is 9.02. The number of hydrogen-bond acceptors (Lipinski definition) is 4. The fourth-order valence-electron chi connectivity index (χ4n) is 5.57. The first-order valence-corrected chi connectivity index (χ1v) is 9.68. The summed E-state index contributed by atoms with van der Waals surface area (Å²) in [6, 6.07) is 0. The monoisotopic (exact) mass is 350 g/mol. The molecule has 3 rings (SSSR count). The van der Waals surface area contributed by atoms with Gasteiger partial charge in [0.15, 0.2) is 0 Å². The smallest absolute Gasteiger partial charge is 0.109 e. The first kappa shape index (κ1) is 19.1. The lowest BCUT2D eigenvalue weighted by molar-refractivity contribution is -0.0213. The lowest BCUT2D eigenvalue weighted by Gasteiger charge is -2.41. The zero-order chi connectivity index (χ0) is 18.6. The van der Waals surface area contributed by atoms with Gasteiger partial charge in [-0.05, 0) is 54.6 Å². The van der Waals surface area contributed by atoms with E-state index in [9.17, 15) is 15.3 Å². The fraction of sp³-hybridized carbons (Fsp3) is 0.810. The molecule has 0 aromatic carbocycles. The second kappa shape index (κ2) is 6.49. The van der Waals surface area contributed by atoms with Gasteiger partial charge in [0.25, 0.3) is 0 Å². The maximum Gasteiger partial charge on any atom is 0.109 e. The van der Waals surface area contributed by atoms with Gasteiger partial charge in [-0.1, -0.05) is 39.3 Å². The van der Waals surface area contributed by atoms with Crippen LogP contribution in [0.5, 0.6) is 0 Å². The van der Waals surface area contributed by atoms with Crippen molar-refractivity contribution in [1.29, 1.82) is 0 Å². The summed E-state index contributed by atoms with van der Waals surface area (Å²) in [6.07, 6.45) is 3.93. The number of allylic oxidation sites excluding steroid dienone is 2. The summed E-state index contributed by atoms with van der Waals surface area (Å²) in [4.78, 5) is 0. The van der Waals surface area contributed by atoms with Gasteiger partial charge in [-0.15, -0.1) is 0 Å². The van der Waals surface area contributed by atoms with Gasteiger partial charge in [-0.3, -0.25) is 0 Å². The Balaban J connectivity index is 2.18. The highest BCUT2D eigenvalue weighted by Crippen LogP contribution is 2.55. The molecule has 0 radical (unpaired) electrons. The summed E-state index contributed by atoms with van der Waals surface area (Å²) in [6.45, 7) is 8.74. The molecule has 3 aliphatic carbocycles. The maximum atomic E-state index is 11.2. The van der Waals surface area contributed by atoms with E-state index in [1.165, 1.54) is 5.57 Å². The number of aliphatic hydroxyl groups is 3. The summed E-state index contributed by atoms with van der Waals surface area (Å²) in [7, 11) is 1.62. The molecular weight excluding hydrogens is 316 g/mol. The number of hydrogen-bond donors (Lipinski definition) is 3. The van der Waals surface area contributed by atoms with Crippen LogP contribution in [0.1, 0.15) is 53.4 Å². The van der Waals surface area contributed by atoms with Crippen LogP contribution in [0.15, 0.2) is 22.8 Å². The molecule has 1 fully saturated rings. The van der Waals surface area contributed by atoms with Gasteiger partial charge in [-0.25, -0.2) is 0 Å². The SMILES string of the molecule is COC[C@@]1(O)CCC2/C1=C\C1(C)CCC(C(C)C)=C1[C@@H](O)C(O)C2C. The van der Waals surface area contributed by atoms with Crippen molar-refractivity contribution in [2.24, 2.45) is 23.2 Å². The Kier molecular flexibility index (Phi) is 4.95. The topological polar surface area (TPSA) is 69.9 Å². The Morgan fingerprint density at radius 2 is 1.96 bits per heavy atom. The lowest BCUT2D eigenvalue weighted by atomic mass is 9.68. The summed E-state index contributed by atoms with van der Waals surface area (Å²) in [5.41, 5.74) is 2.01. The van der Waals surface area contributed by atoms with Crippen LogP contribution in [0.2, 0.25) is 0 Å². The minimum absolute atomic E-state index is 0.0891. The maximum absolute atomic E-state index is 11.2. The summed E-state index contributed by atoms with van der Waals surface area (Å²) in [5.74, 6) is 0.341. The summed E-state index contributed by atoms with van der Waals surface area (Å²) in [5, 5.41) is 33.2. The highest BCUT2D eigenvalue weighted by molar-refractivity contribution is 5.42. The van der Waals surface area contributed by atoms with Crippen molar-refractivity contribution in [3.8, 4) is 0 Å². The minimum Gasteiger partial charge on any atom is -0.390 e. The van der Waals surface area contributed by atoms with Crippen LogP contribution in [0.3, 0.4) is 0 Å². The van der Waals surface area contributed by atoms with Crippen LogP contribution in [-0.2, 0) is 4.74 Å². The molecule has 3 aliphatic rings. The molecule has 0 saturated heterocycles. The number of rotatable bonds is 3. The van der Waals surface area contributed by atoms with E-state index >= 15 is 0 Å². The van der Waals surface area contributed by atoms with Crippen molar-refractivity contribution >= 4 is 0 Å². The molecule has 3 N–H and O–H groups in total. The molecular formula is C21H34O4. The average Bonchev–Trinajstić information content (AvgIpc) is 3.04. The largest absolute Gasteiger partial charge is 0.390 e. The molecule has 0 spiro atoms. The zero-order valence-corrected chi connectivity index (χ0v) is 16.2. The fourth-order valence-corrected chi connectivity index (χ4v) is 5.57. The van der Waals surface area contributed by atoms with E-state index in [-0.39, 0.29) is 23.9 Å². The van der Waals surface area contributed by atoms with E-state index in [0.717, 1.165) is 30.4 Å². The van der Waals surface area contributed by atoms with E-state index in [4.69, 9.17) is 4.74 Å². The predicted octanol–water partition coefficient (Wildman–Crippen LogP) is 2.82. The van der Waals surface area contributed by atoms with E-state index in [1.54, 1.807) is 7.11 Å². The molecule has 0 aliphatic heterocycles. The molecule has 0 aromatic heterocycles. The third kappa shape index (κ3) is 2.91. The van der Waals surface area contributed by atoms with Crippen molar-refractivity contribution in [3.05, 3.63) is 22.8 Å². The van der Waals surface area contributed by atoms with E-state index in [2.05, 4.69) is 26.8 Å². The van der Waals surface area contributed by atoms with E-state index in [1.807, 2.05) is 6.92 Å². The number of fused-ring (bicyclic) bond motifs is 2. The van der Waals surface area contributed by atoms with E-state index in [0.29, 0.717) is 12.3 Å². The van der Waals surface area contributed by atoms with Crippen LogP contribution >= 0.6 is 0 Å². The van der Waals surface area contributed by atoms with Gasteiger partial charge in [0.1, 0.15) is 11.7 Å².